The summed E-state index contributed by atoms with van der Waals surface area (Å²) in [7, 11) is 0. The second kappa shape index (κ2) is 7.26. The fourth-order valence-corrected chi connectivity index (χ4v) is 2.37. The summed E-state index contributed by atoms with van der Waals surface area (Å²) in [6.07, 6.45) is -1.77. The number of carbonyl (C=O) groups is 2. The minimum absolute atomic E-state index is 0.00104. The second-order valence-electron chi connectivity index (χ2n) is 6.25. The van der Waals surface area contributed by atoms with Gasteiger partial charge in [-0.1, -0.05) is 0 Å². The van der Waals surface area contributed by atoms with Gasteiger partial charge in [0, 0.05) is 18.6 Å². The lowest BCUT2D eigenvalue weighted by molar-refractivity contribution is -0.125. The van der Waals surface area contributed by atoms with Gasteiger partial charge in [-0.25, -0.2) is 4.79 Å². The standard InChI is InChI=1S/C14H25N3O5/c1-7(2)16-14(21)15-6-10-13(20)12(19)9(22-10)5-11(18)17-8-3-4-8/h7-10,12-13,19-20H,3-6H2,1-2H3,(H,17,18)(H2,15,16,21)/t9-,10+,12-,13+/m0/s1. The van der Waals surface area contributed by atoms with Crippen LogP contribution in [0.3, 0.4) is 0 Å². The molecule has 8 nitrogen and oxygen atoms in total. The molecule has 22 heavy (non-hydrogen) atoms. The van der Waals surface area contributed by atoms with Gasteiger partial charge in [-0.15, -0.1) is 0 Å². The van der Waals surface area contributed by atoms with E-state index >= 15 is 0 Å². The molecule has 3 amide bonds. The number of hydrogen-bond acceptors (Lipinski definition) is 5. The van der Waals surface area contributed by atoms with Crippen molar-refractivity contribution in [3.8, 4) is 0 Å². The van der Waals surface area contributed by atoms with Crippen molar-refractivity contribution >= 4 is 11.9 Å². The van der Waals surface area contributed by atoms with Crippen LogP contribution >= 0.6 is 0 Å². The van der Waals surface area contributed by atoms with E-state index in [0.29, 0.717) is 0 Å². The van der Waals surface area contributed by atoms with E-state index in [-0.39, 0.29) is 37.0 Å². The van der Waals surface area contributed by atoms with Crippen LogP contribution in [0.15, 0.2) is 0 Å². The average Bonchev–Trinajstić information content (AvgIpc) is 3.19. The summed E-state index contributed by atoms with van der Waals surface area (Å²) in [6, 6.07) is -0.123. The summed E-state index contributed by atoms with van der Waals surface area (Å²) < 4.78 is 5.51. The molecule has 0 spiro atoms. The molecule has 0 aromatic heterocycles. The number of aliphatic hydroxyl groups excluding tert-OH is 2. The van der Waals surface area contributed by atoms with E-state index in [0.717, 1.165) is 12.8 Å². The van der Waals surface area contributed by atoms with Gasteiger partial charge in [0.1, 0.15) is 18.3 Å². The molecule has 1 aliphatic carbocycles. The minimum atomic E-state index is -1.13. The number of amides is 3. The number of urea groups is 1. The summed E-state index contributed by atoms with van der Waals surface area (Å²) in [5.41, 5.74) is 0. The van der Waals surface area contributed by atoms with Gasteiger partial charge in [-0.05, 0) is 26.7 Å². The molecule has 4 atom stereocenters. The number of hydrogen-bond donors (Lipinski definition) is 5. The van der Waals surface area contributed by atoms with Crippen LogP contribution in [0.25, 0.3) is 0 Å². The number of carbonyl (C=O) groups excluding carboxylic acids is 2. The van der Waals surface area contributed by atoms with E-state index in [1.165, 1.54) is 0 Å². The predicted molar refractivity (Wildman–Crippen MR) is 78.1 cm³/mol. The molecule has 0 aromatic rings. The highest BCUT2D eigenvalue weighted by Gasteiger charge is 2.43. The molecule has 1 saturated heterocycles. The second-order valence-corrected chi connectivity index (χ2v) is 6.25. The number of aliphatic hydroxyl groups is 2. The maximum Gasteiger partial charge on any atom is 0.315 e. The largest absolute Gasteiger partial charge is 0.388 e. The minimum Gasteiger partial charge on any atom is -0.388 e. The zero-order valence-electron chi connectivity index (χ0n) is 12.9. The fourth-order valence-electron chi connectivity index (χ4n) is 2.37. The molecule has 0 unspecified atom stereocenters. The zero-order chi connectivity index (χ0) is 16.3. The van der Waals surface area contributed by atoms with Gasteiger partial charge in [0.15, 0.2) is 0 Å². The molecule has 1 aliphatic heterocycles. The first-order valence-electron chi connectivity index (χ1n) is 7.72. The molecular weight excluding hydrogens is 290 g/mol. The van der Waals surface area contributed by atoms with E-state index in [1.54, 1.807) is 0 Å². The van der Waals surface area contributed by atoms with Gasteiger partial charge in [-0.3, -0.25) is 4.79 Å². The first-order valence-corrected chi connectivity index (χ1v) is 7.72. The monoisotopic (exact) mass is 315 g/mol. The van der Waals surface area contributed by atoms with Crippen molar-refractivity contribution < 1.29 is 24.5 Å². The molecule has 0 aromatic carbocycles. The third-order valence-corrected chi connectivity index (χ3v) is 3.67. The zero-order valence-corrected chi connectivity index (χ0v) is 12.9. The molecule has 126 valence electrons. The van der Waals surface area contributed by atoms with Gasteiger partial charge < -0.3 is 30.9 Å². The highest BCUT2D eigenvalue weighted by Crippen LogP contribution is 2.24. The van der Waals surface area contributed by atoms with E-state index in [1.807, 2.05) is 13.8 Å². The summed E-state index contributed by atoms with van der Waals surface area (Å²) in [4.78, 5) is 23.2. The van der Waals surface area contributed by atoms with Crippen LogP contribution in [-0.4, -0.2) is 65.2 Å². The van der Waals surface area contributed by atoms with Crippen molar-refractivity contribution in [2.45, 2.75) is 69.6 Å². The van der Waals surface area contributed by atoms with Crippen molar-refractivity contribution in [3.63, 3.8) is 0 Å². The molecule has 2 fully saturated rings. The lowest BCUT2D eigenvalue weighted by Crippen LogP contribution is -2.45. The van der Waals surface area contributed by atoms with Crippen molar-refractivity contribution in [2.75, 3.05) is 6.54 Å². The Bertz CT molecular complexity index is 413. The van der Waals surface area contributed by atoms with Crippen LogP contribution in [0.1, 0.15) is 33.1 Å². The Kier molecular flexibility index (Phi) is 5.60. The van der Waals surface area contributed by atoms with Crippen LogP contribution in [0.5, 0.6) is 0 Å². The Morgan fingerprint density at radius 3 is 2.41 bits per heavy atom. The quantitative estimate of drug-likeness (QED) is 0.424. The Balaban J connectivity index is 1.76. The smallest absolute Gasteiger partial charge is 0.315 e. The van der Waals surface area contributed by atoms with Crippen molar-refractivity contribution in [2.24, 2.45) is 0 Å². The lowest BCUT2D eigenvalue weighted by Gasteiger charge is -2.16. The molecule has 0 bridgehead atoms. The van der Waals surface area contributed by atoms with Gasteiger partial charge in [-0.2, -0.15) is 0 Å². The Hall–Kier alpha value is -1.38. The Morgan fingerprint density at radius 1 is 1.18 bits per heavy atom. The summed E-state index contributed by atoms with van der Waals surface area (Å²) >= 11 is 0. The number of rotatable bonds is 6. The maximum atomic E-state index is 11.7. The summed E-state index contributed by atoms with van der Waals surface area (Å²) in [5.74, 6) is -0.190. The maximum absolute atomic E-state index is 11.7. The highest BCUT2D eigenvalue weighted by molar-refractivity contribution is 5.77. The normalized spacial score (nSPS) is 31.1. The molecule has 8 heteroatoms. The molecule has 1 saturated carbocycles. The van der Waals surface area contributed by atoms with Crippen molar-refractivity contribution in [1.82, 2.24) is 16.0 Å². The Morgan fingerprint density at radius 2 is 1.82 bits per heavy atom. The average molecular weight is 315 g/mol. The molecule has 2 rings (SSSR count). The molecular formula is C14H25N3O5. The van der Waals surface area contributed by atoms with Crippen LogP contribution in [-0.2, 0) is 9.53 Å². The molecule has 0 radical (unpaired) electrons. The number of nitrogens with one attached hydrogen (secondary N) is 3. The number of ether oxygens (including phenoxy) is 1. The summed E-state index contributed by atoms with van der Waals surface area (Å²) in [6.45, 7) is 3.73. The van der Waals surface area contributed by atoms with Crippen LogP contribution in [0.4, 0.5) is 4.79 Å². The Labute approximate surface area is 129 Å². The SMILES string of the molecule is CC(C)NC(=O)NC[C@H]1O[C@@H](CC(=O)NC2CC2)[C@H](O)[C@@H]1O. The first kappa shape index (κ1) is 17.0. The van der Waals surface area contributed by atoms with Crippen molar-refractivity contribution in [1.29, 1.82) is 0 Å². The van der Waals surface area contributed by atoms with E-state index in [4.69, 9.17) is 4.74 Å². The van der Waals surface area contributed by atoms with Crippen LogP contribution in [0.2, 0.25) is 0 Å². The lowest BCUT2D eigenvalue weighted by atomic mass is 10.1. The third-order valence-electron chi connectivity index (χ3n) is 3.67. The summed E-state index contributed by atoms with van der Waals surface area (Å²) in [5, 5.41) is 27.9. The van der Waals surface area contributed by atoms with Gasteiger partial charge in [0.05, 0.1) is 12.5 Å². The predicted octanol–water partition coefficient (Wildman–Crippen LogP) is -1.15. The van der Waals surface area contributed by atoms with Crippen molar-refractivity contribution in [3.05, 3.63) is 0 Å². The van der Waals surface area contributed by atoms with Gasteiger partial charge >= 0.3 is 6.03 Å². The molecule has 2 aliphatic rings. The molecule has 5 N–H and O–H groups in total. The van der Waals surface area contributed by atoms with E-state index in [9.17, 15) is 19.8 Å². The van der Waals surface area contributed by atoms with Crippen LogP contribution in [0, 0.1) is 0 Å². The topological polar surface area (TPSA) is 120 Å². The van der Waals surface area contributed by atoms with Gasteiger partial charge in [0.25, 0.3) is 0 Å². The molecule has 1 heterocycles. The first-order chi connectivity index (χ1) is 10.4. The van der Waals surface area contributed by atoms with Crippen LogP contribution < -0.4 is 16.0 Å². The fraction of sp³-hybridized carbons (Fsp3) is 0.857. The van der Waals surface area contributed by atoms with E-state index in [2.05, 4.69) is 16.0 Å². The highest BCUT2D eigenvalue weighted by atomic mass is 16.5. The van der Waals surface area contributed by atoms with E-state index < -0.39 is 24.4 Å². The third kappa shape index (κ3) is 4.82. The van der Waals surface area contributed by atoms with Gasteiger partial charge in [0.2, 0.25) is 5.91 Å².